The minimum Gasteiger partial charge on any atom is -0.398 e. The largest absolute Gasteiger partial charge is 0.398 e. The molecule has 34 heavy (non-hydrogen) atoms. The summed E-state index contributed by atoms with van der Waals surface area (Å²) in [6.45, 7) is 0. The van der Waals surface area contributed by atoms with Crippen LogP contribution in [0.5, 0.6) is 0 Å². The smallest absolute Gasteiger partial charge is 0.363 e. The number of thiazole rings is 1. The maximum Gasteiger partial charge on any atom is 0.363 e. The van der Waals surface area contributed by atoms with Gasteiger partial charge in [0, 0.05) is 11.8 Å². The van der Waals surface area contributed by atoms with Gasteiger partial charge in [0.2, 0.25) is 5.91 Å². The van der Waals surface area contributed by atoms with Crippen molar-refractivity contribution < 1.29 is 27.4 Å². The van der Waals surface area contributed by atoms with Crippen molar-refractivity contribution >= 4 is 44.2 Å². The molecule has 1 fully saturated rings. The fourth-order valence-electron chi connectivity index (χ4n) is 4.30. The van der Waals surface area contributed by atoms with Gasteiger partial charge in [-0.15, -0.1) is 11.3 Å². The summed E-state index contributed by atoms with van der Waals surface area (Å²) in [5.41, 5.74) is 4.89. The molecule has 1 amide bonds. The van der Waals surface area contributed by atoms with E-state index in [2.05, 4.69) is 10.1 Å². The first-order valence-electron chi connectivity index (χ1n) is 9.99. The number of carbonyl (C=O) groups is 2. The molecule has 0 saturated carbocycles. The lowest BCUT2D eigenvalue weighted by Gasteiger charge is -2.55. The second-order valence-corrected chi connectivity index (χ2v) is 9.60. The number of carbonyl (C=O) groups excluding carboxylic acids is 2. The van der Waals surface area contributed by atoms with E-state index in [0.29, 0.717) is 15.4 Å². The number of nitrogens with zero attached hydrogens (tertiary/aromatic N) is 3. The quantitative estimate of drug-likeness (QED) is 0.207. The minimum atomic E-state index is -4.98. The Kier molecular flexibility index (Phi) is 6.21. The Morgan fingerprint density at radius 1 is 1.18 bits per heavy atom. The Bertz CT molecular complexity index is 1320. The van der Waals surface area contributed by atoms with Gasteiger partial charge < -0.3 is 10.6 Å². The first-order valence-corrected chi connectivity index (χ1v) is 12.3. The van der Waals surface area contributed by atoms with Crippen molar-refractivity contribution in [1.29, 1.82) is 0 Å². The van der Waals surface area contributed by atoms with Gasteiger partial charge in [0.15, 0.2) is 16.6 Å². The molecule has 3 aromatic rings. The Morgan fingerprint density at radius 3 is 2.18 bits per heavy atom. The molecular formula is C22H20N4O6S2. The number of nitrogens with two attached hydrogens (primary N) is 1. The third-order valence-corrected chi connectivity index (χ3v) is 7.19. The fourth-order valence-corrected chi connectivity index (χ4v) is 5.90. The first-order chi connectivity index (χ1) is 16.2. The second kappa shape index (κ2) is 8.97. The number of aromatic nitrogens is 1. The molecule has 3 N–H and O–H groups in total. The predicted octanol–water partition coefficient (Wildman–Crippen LogP) is 2.24. The number of Topliss-reactive ketones (excluding diaryl/α,β-unsaturated/α-hetero) is 1. The van der Waals surface area contributed by atoms with Gasteiger partial charge in [-0.2, -0.15) is 8.42 Å². The van der Waals surface area contributed by atoms with Crippen LogP contribution in [0.25, 0.3) is 0 Å². The van der Waals surface area contributed by atoms with Crippen molar-refractivity contribution in [3.8, 4) is 0 Å². The van der Waals surface area contributed by atoms with Crippen LogP contribution in [0.15, 0.2) is 71.2 Å². The van der Waals surface area contributed by atoms with Gasteiger partial charge in [-0.05, 0) is 11.1 Å². The molecule has 12 heteroatoms. The van der Waals surface area contributed by atoms with E-state index >= 15 is 0 Å². The molecule has 1 saturated heterocycles. The Balaban J connectivity index is 1.86. The highest BCUT2D eigenvalue weighted by Gasteiger charge is 2.66. The number of amides is 1. The third-order valence-electron chi connectivity index (χ3n) is 5.58. The van der Waals surface area contributed by atoms with E-state index in [9.17, 15) is 22.6 Å². The maximum atomic E-state index is 13.3. The second-order valence-electron chi connectivity index (χ2n) is 7.45. The lowest BCUT2D eigenvalue weighted by molar-refractivity contribution is -0.157. The number of nitrogen functional groups attached to an aromatic ring is 1. The highest BCUT2D eigenvalue weighted by Crippen LogP contribution is 2.54. The molecule has 1 aliphatic rings. The van der Waals surface area contributed by atoms with Crippen LogP contribution < -0.4 is 5.73 Å². The SMILES string of the molecule is CO/N=C(\C(=O)CC1C(=O)N(S(=O)(=O)O)C1(c1ccccc1)c1ccccc1)c1csc(N)n1. The molecule has 0 aliphatic carbocycles. The van der Waals surface area contributed by atoms with Crippen molar-refractivity contribution in [3.63, 3.8) is 0 Å². The van der Waals surface area contributed by atoms with E-state index in [1.54, 1.807) is 60.7 Å². The fraction of sp³-hybridized carbons (Fsp3) is 0.182. The van der Waals surface area contributed by atoms with Gasteiger partial charge in [-0.3, -0.25) is 14.1 Å². The maximum absolute atomic E-state index is 13.3. The average Bonchev–Trinajstić information content (AvgIpc) is 3.24. The van der Waals surface area contributed by atoms with Gasteiger partial charge in [-0.25, -0.2) is 9.29 Å². The summed E-state index contributed by atoms with van der Waals surface area (Å²) in [6.07, 6.45) is -0.422. The monoisotopic (exact) mass is 500 g/mol. The van der Waals surface area contributed by atoms with Crippen LogP contribution in [-0.4, -0.2) is 46.8 Å². The summed E-state index contributed by atoms with van der Waals surface area (Å²) in [5, 5.41) is 5.51. The van der Waals surface area contributed by atoms with Crippen molar-refractivity contribution in [3.05, 3.63) is 82.9 Å². The molecule has 1 aromatic heterocycles. The number of benzene rings is 2. The van der Waals surface area contributed by atoms with Gasteiger partial charge >= 0.3 is 10.3 Å². The molecule has 1 atom stereocenters. The molecule has 1 aliphatic heterocycles. The number of hydrogen-bond acceptors (Lipinski definition) is 9. The lowest BCUT2D eigenvalue weighted by Crippen LogP contribution is -2.71. The Labute approximate surface area is 199 Å². The Hall–Kier alpha value is -3.61. The van der Waals surface area contributed by atoms with Crippen LogP contribution in [0.3, 0.4) is 0 Å². The highest BCUT2D eigenvalue weighted by molar-refractivity contribution is 7.84. The minimum absolute atomic E-state index is 0.149. The van der Waals surface area contributed by atoms with Gasteiger partial charge in [-0.1, -0.05) is 65.8 Å². The lowest BCUT2D eigenvalue weighted by atomic mass is 9.64. The topological polar surface area (TPSA) is 152 Å². The number of anilines is 1. The first kappa shape index (κ1) is 23.5. The van der Waals surface area contributed by atoms with Gasteiger partial charge in [0.25, 0.3) is 0 Å². The number of hydrogen-bond donors (Lipinski definition) is 2. The van der Waals surface area contributed by atoms with Crippen molar-refractivity contribution in [1.82, 2.24) is 9.29 Å². The van der Waals surface area contributed by atoms with E-state index in [1.165, 1.54) is 12.5 Å². The summed E-state index contributed by atoms with van der Waals surface area (Å²) in [6, 6.07) is 16.7. The molecule has 0 spiro atoms. The molecule has 10 nitrogen and oxygen atoms in total. The molecule has 0 bridgehead atoms. The molecule has 176 valence electrons. The zero-order chi connectivity index (χ0) is 24.5. The predicted molar refractivity (Wildman–Crippen MR) is 125 cm³/mol. The number of rotatable bonds is 8. The Morgan fingerprint density at radius 2 is 1.74 bits per heavy atom. The number of β-lactam (4-membered cyclic amide) rings is 1. The van der Waals surface area contributed by atoms with Gasteiger partial charge in [0.05, 0.1) is 5.92 Å². The van der Waals surface area contributed by atoms with Crippen molar-refractivity contribution in [2.24, 2.45) is 11.1 Å². The van der Waals surface area contributed by atoms with Crippen molar-refractivity contribution in [2.75, 3.05) is 12.8 Å². The summed E-state index contributed by atoms with van der Waals surface area (Å²) in [5.74, 6) is -2.68. The van der Waals surface area contributed by atoms with Crippen LogP contribution in [-0.2, 0) is 30.3 Å². The molecule has 2 aromatic carbocycles. The molecule has 0 radical (unpaired) electrons. The van der Waals surface area contributed by atoms with E-state index in [1.807, 2.05) is 0 Å². The van der Waals surface area contributed by atoms with Crippen molar-refractivity contribution in [2.45, 2.75) is 12.0 Å². The molecular weight excluding hydrogens is 480 g/mol. The van der Waals surface area contributed by atoms with E-state index < -0.39 is 39.9 Å². The normalized spacial score (nSPS) is 17.8. The summed E-state index contributed by atoms with van der Waals surface area (Å²) >= 11 is 1.10. The number of oxime groups is 1. The zero-order valence-electron chi connectivity index (χ0n) is 17.9. The molecule has 1 unspecified atom stereocenters. The summed E-state index contributed by atoms with van der Waals surface area (Å²) in [4.78, 5) is 35.4. The zero-order valence-corrected chi connectivity index (χ0v) is 19.5. The van der Waals surface area contributed by atoms with E-state index in [0.717, 1.165) is 11.3 Å². The molecule has 2 heterocycles. The highest BCUT2D eigenvalue weighted by atomic mass is 32.2. The van der Waals surface area contributed by atoms with Crippen LogP contribution in [0.2, 0.25) is 0 Å². The standard InChI is InChI=1S/C22H20N4O6S2/c1-32-25-19(17-13-33-21(23)24-17)18(27)12-16-20(28)26(34(29,30)31)22(16,14-8-4-2-5-9-14)15-10-6-3-7-11-15/h2-11,13,16H,12H2,1H3,(H2,23,24)(H,29,30,31)/b25-19-. The van der Waals surface area contributed by atoms with Crippen LogP contribution >= 0.6 is 11.3 Å². The average molecular weight is 501 g/mol. The summed E-state index contributed by atoms with van der Waals surface area (Å²) in [7, 11) is -3.72. The van der Waals surface area contributed by atoms with E-state index in [-0.39, 0.29) is 16.5 Å². The van der Waals surface area contributed by atoms with Crippen LogP contribution in [0.1, 0.15) is 23.2 Å². The third kappa shape index (κ3) is 3.85. The van der Waals surface area contributed by atoms with Crippen LogP contribution in [0, 0.1) is 5.92 Å². The van der Waals surface area contributed by atoms with Crippen LogP contribution in [0.4, 0.5) is 5.13 Å². The summed E-state index contributed by atoms with van der Waals surface area (Å²) < 4.78 is 35.2. The number of ketones is 1. The van der Waals surface area contributed by atoms with Gasteiger partial charge in [0.1, 0.15) is 18.3 Å². The molecule has 4 rings (SSSR count). The van der Waals surface area contributed by atoms with E-state index in [4.69, 9.17) is 10.6 Å².